The van der Waals surface area contributed by atoms with Crippen LogP contribution in [0.3, 0.4) is 0 Å². The predicted octanol–water partition coefficient (Wildman–Crippen LogP) is -0.199. The van der Waals surface area contributed by atoms with Crippen LogP contribution in [0, 0.1) is 6.92 Å². The highest BCUT2D eigenvalue weighted by molar-refractivity contribution is 7.89. The fraction of sp³-hybridized carbons (Fsp3) is 0.636. The molecule has 1 N–H and O–H groups in total. The van der Waals surface area contributed by atoms with Gasteiger partial charge in [-0.25, -0.2) is 13.4 Å². The largest absolute Gasteiger partial charge is 0.368 e. The van der Waals surface area contributed by atoms with Crippen molar-refractivity contribution in [3.05, 3.63) is 27.9 Å². The van der Waals surface area contributed by atoms with E-state index in [1.807, 2.05) is 0 Å². The highest BCUT2D eigenvalue weighted by Crippen LogP contribution is 2.20. The molecule has 2 rings (SSSR count). The van der Waals surface area contributed by atoms with Gasteiger partial charge < -0.3 is 9.72 Å². The third-order valence-electron chi connectivity index (χ3n) is 2.98. The number of aryl methyl sites for hydroxylation is 1. The summed E-state index contributed by atoms with van der Waals surface area (Å²) in [5.41, 5.74) is 0.319. The van der Waals surface area contributed by atoms with Crippen molar-refractivity contribution in [3.8, 4) is 0 Å². The number of nitrogens with zero attached hydrogens (tertiary/aromatic N) is 2. The zero-order valence-electron chi connectivity index (χ0n) is 10.9. The summed E-state index contributed by atoms with van der Waals surface area (Å²) in [7, 11) is -3.25. The second-order valence-corrected chi connectivity index (χ2v) is 6.65. The zero-order chi connectivity index (χ0) is 14.0. The van der Waals surface area contributed by atoms with Crippen LogP contribution in [0.2, 0.25) is 0 Å². The van der Waals surface area contributed by atoms with Crippen molar-refractivity contribution in [3.63, 3.8) is 0 Å². The standard InChI is InChI=1S/C11H17N3O4S/c1-3-19(16,17)14-4-5-18-9(7-14)11-12-8(2)6-10(15)13-11/h6,9H,3-5,7H2,1-2H3,(H,12,13,15)/t9-/m0/s1. The molecule has 0 amide bonds. The third kappa shape index (κ3) is 3.20. The van der Waals surface area contributed by atoms with Gasteiger partial charge in [-0.15, -0.1) is 0 Å². The molecule has 0 unspecified atom stereocenters. The molecule has 0 aromatic carbocycles. The fourth-order valence-corrected chi connectivity index (χ4v) is 3.06. The van der Waals surface area contributed by atoms with E-state index in [0.29, 0.717) is 24.7 Å². The Kier molecular flexibility index (Phi) is 4.02. The zero-order valence-corrected chi connectivity index (χ0v) is 11.7. The maximum Gasteiger partial charge on any atom is 0.251 e. The van der Waals surface area contributed by atoms with Crippen LogP contribution < -0.4 is 5.56 Å². The second kappa shape index (κ2) is 5.40. The number of rotatable bonds is 3. The Hall–Kier alpha value is -1.25. The number of hydrogen-bond acceptors (Lipinski definition) is 5. The molecule has 1 aromatic heterocycles. The minimum atomic E-state index is -3.25. The lowest BCUT2D eigenvalue weighted by Gasteiger charge is -2.31. The minimum absolute atomic E-state index is 0.0531. The Labute approximate surface area is 111 Å². The lowest BCUT2D eigenvalue weighted by atomic mass is 10.3. The highest BCUT2D eigenvalue weighted by atomic mass is 32.2. The van der Waals surface area contributed by atoms with E-state index in [0.717, 1.165) is 0 Å². The average molecular weight is 287 g/mol. The van der Waals surface area contributed by atoms with E-state index in [4.69, 9.17) is 4.74 Å². The van der Waals surface area contributed by atoms with E-state index >= 15 is 0 Å². The minimum Gasteiger partial charge on any atom is -0.368 e. The summed E-state index contributed by atoms with van der Waals surface area (Å²) in [4.78, 5) is 18.2. The summed E-state index contributed by atoms with van der Waals surface area (Å²) < 4.78 is 30.6. The maximum atomic E-state index is 11.8. The van der Waals surface area contributed by atoms with Gasteiger partial charge in [-0.1, -0.05) is 0 Å². The molecule has 1 aliphatic heterocycles. The summed E-state index contributed by atoms with van der Waals surface area (Å²) in [6, 6.07) is 1.38. The van der Waals surface area contributed by atoms with Gasteiger partial charge in [-0.2, -0.15) is 4.31 Å². The molecular formula is C11H17N3O4S. The highest BCUT2D eigenvalue weighted by Gasteiger charge is 2.30. The lowest BCUT2D eigenvalue weighted by Crippen LogP contribution is -2.43. The van der Waals surface area contributed by atoms with Crippen LogP contribution in [0.1, 0.15) is 24.5 Å². The Balaban J connectivity index is 2.24. The molecule has 0 radical (unpaired) electrons. The van der Waals surface area contributed by atoms with Gasteiger partial charge in [0.05, 0.1) is 12.4 Å². The molecule has 0 bridgehead atoms. The van der Waals surface area contributed by atoms with Crippen LogP contribution in [0.25, 0.3) is 0 Å². The first kappa shape index (κ1) is 14.2. The molecule has 106 valence electrons. The molecule has 0 saturated carbocycles. The molecule has 1 aromatic rings. The topological polar surface area (TPSA) is 92.4 Å². The molecular weight excluding hydrogens is 270 g/mol. The normalized spacial score (nSPS) is 21.5. The van der Waals surface area contributed by atoms with E-state index in [2.05, 4.69) is 9.97 Å². The Morgan fingerprint density at radius 3 is 2.95 bits per heavy atom. The lowest BCUT2D eigenvalue weighted by molar-refractivity contribution is -0.00769. The fourth-order valence-electron chi connectivity index (χ4n) is 1.98. The Morgan fingerprint density at radius 1 is 1.58 bits per heavy atom. The Morgan fingerprint density at radius 2 is 2.32 bits per heavy atom. The van der Waals surface area contributed by atoms with Gasteiger partial charge in [-0.3, -0.25) is 4.79 Å². The number of hydrogen-bond donors (Lipinski definition) is 1. The number of aromatic amines is 1. The van der Waals surface area contributed by atoms with Crippen LogP contribution in [-0.2, 0) is 14.8 Å². The van der Waals surface area contributed by atoms with Crippen molar-refractivity contribution < 1.29 is 13.2 Å². The molecule has 1 saturated heterocycles. The van der Waals surface area contributed by atoms with Gasteiger partial charge in [0.25, 0.3) is 5.56 Å². The maximum absolute atomic E-state index is 11.8. The number of ether oxygens (including phenoxy) is 1. The molecule has 1 fully saturated rings. The third-order valence-corrected chi connectivity index (χ3v) is 4.83. The molecule has 0 spiro atoms. The van der Waals surface area contributed by atoms with Crippen LogP contribution >= 0.6 is 0 Å². The van der Waals surface area contributed by atoms with E-state index < -0.39 is 16.1 Å². The van der Waals surface area contributed by atoms with Crippen LogP contribution in [-0.4, -0.2) is 48.1 Å². The van der Waals surface area contributed by atoms with E-state index in [9.17, 15) is 13.2 Å². The van der Waals surface area contributed by atoms with Gasteiger partial charge in [0.2, 0.25) is 10.0 Å². The molecule has 8 heteroatoms. The van der Waals surface area contributed by atoms with Crippen molar-refractivity contribution >= 4 is 10.0 Å². The van der Waals surface area contributed by atoms with Gasteiger partial charge >= 0.3 is 0 Å². The van der Waals surface area contributed by atoms with E-state index in [-0.39, 0.29) is 17.9 Å². The SMILES string of the molecule is CCS(=O)(=O)N1CCO[C@H](c2nc(C)cc(=O)[nH]2)C1. The summed E-state index contributed by atoms with van der Waals surface area (Å²) in [5, 5.41) is 0. The van der Waals surface area contributed by atoms with E-state index in [1.54, 1.807) is 13.8 Å². The van der Waals surface area contributed by atoms with Crippen molar-refractivity contribution in [1.82, 2.24) is 14.3 Å². The number of sulfonamides is 1. The first-order chi connectivity index (χ1) is 8.92. The van der Waals surface area contributed by atoms with Crippen molar-refractivity contribution in [1.29, 1.82) is 0 Å². The summed E-state index contributed by atoms with van der Waals surface area (Å²) in [6.45, 7) is 4.13. The molecule has 1 atom stereocenters. The number of H-pyrrole nitrogens is 1. The quantitative estimate of drug-likeness (QED) is 0.831. The average Bonchev–Trinajstić information content (AvgIpc) is 2.38. The number of nitrogens with one attached hydrogen (secondary N) is 1. The van der Waals surface area contributed by atoms with E-state index in [1.165, 1.54) is 10.4 Å². The second-order valence-electron chi connectivity index (χ2n) is 4.39. The molecule has 19 heavy (non-hydrogen) atoms. The van der Waals surface area contributed by atoms with Crippen molar-refractivity contribution in [2.45, 2.75) is 20.0 Å². The van der Waals surface area contributed by atoms with Crippen LogP contribution in [0.5, 0.6) is 0 Å². The van der Waals surface area contributed by atoms with Gasteiger partial charge in [0.1, 0.15) is 11.9 Å². The first-order valence-electron chi connectivity index (χ1n) is 6.09. The molecule has 2 heterocycles. The van der Waals surface area contributed by atoms with Crippen LogP contribution in [0.15, 0.2) is 10.9 Å². The predicted molar refractivity (Wildman–Crippen MR) is 69.3 cm³/mol. The van der Waals surface area contributed by atoms with Crippen LogP contribution in [0.4, 0.5) is 0 Å². The summed E-state index contributed by atoms with van der Waals surface area (Å²) in [5.74, 6) is 0.429. The van der Waals surface area contributed by atoms with Crippen molar-refractivity contribution in [2.24, 2.45) is 0 Å². The number of morpholine rings is 1. The van der Waals surface area contributed by atoms with Gasteiger partial charge in [-0.05, 0) is 13.8 Å². The monoisotopic (exact) mass is 287 g/mol. The van der Waals surface area contributed by atoms with Gasteiger partial charge in [0, 0.05) is 24.8 Å². The molecule has 0 aliphatic carbocycles. The van der Waals surface area contributed by atoms with Crippen molar-refractivity contribution in [2.75, 3.05) is 25.4 Å². The number of aromatic nitrogens is 2. The first-order valence-corrected chi connectivity index (χ1v) is 7.70. The molecule has 7 nitrogen and oxygen atoms in total. The Bertz CT molecular complexity index is 611. The summed E-state index contributed by atoms with van der Waals surface area (Å²) >= 11 is 0. The molecule has 1 aliphatic rings. The smallest absolute Gasteiger partial charge is 0.251 e. The van der Waals surface area contributed by atoms with Gasteiger partial charge in [0.15, 0.2) is 0 Å². The summed E-state index contributed by atoms with van der Waals surface area (Å²) in [6.07, 6.45) is -0.525.